The van der Waals surface area contributed by atoms with Crippen LogP contribution in [0.25, 0.3) is 0 Å². The minimum absolute atomic E-state index is 0. The summed E-state index contributed by atoms with van der Waals surface area (Å²) in [4.78, 5) is 4.06. The first-order valence-corrected chi connectivity index (χ1v) is 3.16. The Morgan fingerprint density at radius 1 is 1.54 bits per heavy atom. The Bertz CT molecular complexity index is 225. The number of anilines is 1. The minimum Gasteiger partial charge on any atom is -0.352 e. The molecule has 0 radical (unpaired) electrons. The standard InChI is InChI=1S/C7H11N3.3ClH/c1-3-4-8-7-9-5-6-10(7)2;;;/h3,5-6H,1,4H2,2H3,(H,8,9);3*1H. The summed E-state index contributed by atoms with van der Waals surface area (Å²) >= 11 is 0. The lowest BCUT2D eigenvalue weighted by atomic mass is 10.6. The Hall–Kier alpha value is -0.380. The van der Waals surface area contributed by atoms with Crippen LogP contribution in [0.1, 0.15) is 0 Å². The first-order chi connectivity index (χ1) is 4.84. The highest BCUT2D eigenvalue weighted by molar-refractivity contribution is 5.86. The van der Waals surface area contributed by atoms with Crippen molar-refractivity contribution in [1.29, 1.82) is 0 Å². The van der Waals surface area contributed by atoms with Gasteiger partial charge in [-0.15, -0.1) is 43.8 Å². The summed E-state index contributed by atoms with van der Waals surface area (Å²) in [5, 5.41) is 3.08. The average Bonchev–Trinajstić information content (AvgIpc) is 2.31. The zero-order chi connectivity index (χ0) is 7.40. The van der Waals surface area contributed by atoms with Crippen LogP contribution in [0.2, 0.25) is 0 Å². The molecular weight excluding hydrogens is 232 g/mol. The van der Waals surface area contributed by atoms with Gasteiger partial charge in [0.2, 0.25) is 5.95 Å². The molecule has 0 aliphatic carbocycles. The van der Waals surface area contributed by atoms with E-state index in [1.165, 1.54) is 0 Å². The first kappa shape index (κ1) is 18.4. The van der Waals surface area contributed by atoms with Gasteiger partial charge in [-0.2, -0.15) is 0 Å². The second-order valence-corrected chi connectivity index (χ2v) is 2.03. The Labute approximate surface area is 96.8 Å². The number of nitrogens with one attached hydrogen (secondary N) is 1. The lowest BCUT2D eigenvalue weighted by Gasteiger charge is -2.00. The molecule has 0 aliphatic heterocycles. The summed E-state index contributed by atoms with van der Waals surface area (Å²) < 4.78 is 1.92. The Morgan fingerprint density at radius 3 is 2.54 bits per heavy atom. The third-order valence-electron chi connectivity index (χ3n) is 1.23. The van der Waals surface area contributed by atoms with Gasteiger partial charge in [-0.1, -0.05) is 6.08 Å². The number of halogens is 3. The maximum absolute atomic E-state index is 4.06. The van der Waals surface area contributed by atoms with E-state index in [4.69, 9.17) is 0 Å². The van der Waals surface area contributed by atoms with E-state index in [9.17, 15) is 0 Å². The molecule has 0 fully saturated rings. The van der Waals surface area contributed by atoms with Gasteiger partial charge < -0.3 is 9.88 Å². The van der Waals surface area contributed by atoms with Crippen molar-refractivity contribution >= 4 is 43.2 Å². The van der Waals surface area contributed by atoms with Crippen molar-refractivity contribution < 1.29 is 0 Å². The third kappa shape index (κ3) is 5.80. The Balaban J connectivity index is -0.000000333. The van der Waals surface area contributed by atoms with Gasteiger partial charge in [0.25, 0.3) is 0 Å². The zero-order valence-corrected chi connectivity index (χ0v) is 9.71. The number of hydrogen-bond acceptors (Lipinski definition) is 2. The highest BCUT2D eigenvalue weighted by atomic mass is 35.5. The van der Waals surface area contributed by atoms with Crippen LogP contribution in [0.3, 0.4) is 0 Å². The van der Waals surface area contributed by atoms with E-state index in [0.717, 1.165) is 12.5 Å². The summed E-state index contributed by atoms with van der Waals surface area (Å²) in [5.41, 5.74) is 0. The van der Waals surface area contributed by atoms with Crippen LogP contribution in [0, 0.1) is 0 Å². The summed E-state index contributed by atoms with van der Waals surface area (Å²) in [6, 6.07) is 0. The van der Waals surface area contributed by atoms with Gasteiger partial charge >= 0.3 is 0 Å². The molecule has 1 heterocycles. The fourth-order valence-electron chi connectivity index (χ4n) is 0.699. The van der Waals surface area contributed by atoms with Crippen molar-refractivity contribution in [3.63, 3.8) is 0 Å². The second-order valence-electron chi connectivity index (χ2n) is 2.03. The fourth-order valence-corrected chi connectivity index (χ4v) is 0.699. The average molecular weight is 247 g/mol. The molecule has 0 aliphatic rings. The second kappa shape index (κ2) is 9.71. The molecule has 0 spiro atoms. The summed E-state index contributed by atoms with van der Waals surface area (Å²) in [6.45, 7) is 4.35. The molecule has 1 aromatic heterocycles. The van der Waals surface area contributed by atoms with Crippen LogP contribution in [-0.2, 0) is 7.05 Å². The molecule has 0 saturated carbocycles. The van der Waals surface area contributed by atoms with Crippen LogP contribution in [0.5, 0.6) is 0 Å². The van der Waals surface area contributed by atoms with E-state index < -0.39 is 0 Å². The number of rotatable bonds is 3. The predicted molar refractivity (Wildman–Crippen MR) is 63.6 cm³/mol. The molecule has 0 amide bonds. The summed E-state index contributed by atoms with van der Waals surface area (Å²) in [7, 11) is 1.94. The normalized spacial score (nSPS) is 7.15. The number of hydrogen-bond donors (Lipinski definition) is 1. The monoisotopic (exact) mass is 245 g/mol. The van der Waals surface area contributed by atoms with E-state index in [0.29, 0.717) is 0 Å². The molecule has 6 heteroatoms. The van der Waals surface area contributed by atoms with Gasteiger partial charge in [-0.25, -0.2) is 4.98 Å². The van der Waals surface area contributed by atoms with Crippen molar-refractivity contribution in [2.24, 2.45) is 7.05 Å². The Morgan fingerprint density at radius 2 is 2.15 bits per heavy atom. The molecule has 0 bridgehead atoms. The lowest BCUT2D eigenvalue weighted by molar-refractivity contribution is 0.913. The van der Waals surface area contributed by atoms with Crippen molar-refractivity contribution in [3.05, 3.63) is 25.0 Å². The molecule has 1 aromatic rings. The molecule has 78 valence electrons. The maximum atomic E-state index is 4.06. The molecular formula is C7H14Cl3N3. The van der Waals surface area contributed by atoms with Crippen LogP contribution in [0.4, 0.5) is 5.95 Å². The number of nitrogens with zero attached hydrogens (tertiary/aromatic N) is 2. The van der Waals surface area contributed by atoms with Crippen molar-refractivity contribution in [1.82, 2.24) is 9.55 Å². The summed E-state index contributed by atoms with van der Waals surface area (Å²) in [6.07, 6.45) is 5.45. The van der Waals surface area contributed by atoms with E-state index >= 15 is 0 Å². The van der Waals surface area contributed by atoms with Gasteiger partial charge in [0.1, 0.15) is 0 Å². The Kier molecular flexibility index (Phi) is 13.7. The largest absolute Gasteiger partial charge is 0.352 e. The quantitative estimate of drug-likeness (QED) is 0.830. The summed E-state index contributed by atoms with van der Waals surface area (Å²) in [5.74, 6) is 0.875. The number of aryl methyl sites for hydroxylation is 1. The van der Waals surface area contributed by atoms with Gasteiger partial charge in [0.15, 0.2) is 0 Å². The van der Waals surface area contributed by atoms with Crippen molar-refractivity contribution in [3.8, 4) is 0 Å². The lowest BCUT2D eigenvalue weighted by Crippen LogP contribution is -2.03. The molecule has 1 rings (SSSR count). The molecule has 0 saturated heterocycles. The van der Waals surface area contributed by atoms with E-state index in [1.54, 1.807) is 12.3 Å². The zero-order valence-electron chi connectivity index (χ0n) is 7.27. The van der Waals surface area contributed by atoms with Gasteiger partial charge in [0, 0.05) is 26.0 Å². The third-order valence-corrected chi connectivity index (χ3v) is 1.23. The van der Waals surface area contributed by atoms with Gasteiger partial charge in [0.05, 0.1) is 0 Å². The topological polar surface area (TPSA) is 29.9 Å². The van der Waals surface area contributed by atoms with E-state index in [-0.39, 0.29) is 37.2 Å². The molecule has 13 heavy (non-hydrogen) atoms. The van der Waals surface area contributed by atoms with Gasteiger partial charge in [-0.05, 0) is 0 Å². The van der Waals surface area contributed by atoms with Crippen LogP contribution in [0.15, 0.2) is 25.0 Å². The van der Waals surface area contributed by atoms with Crippen LogP contribution >= 0.6 is 37.2 Å². The van der Waals surface area contributed by atoms with E-state index in [2.05, 4.69) is 16.9 Å². The maximum Gasteiger partial charge on any atom is 0.202 e. The number of imidazole rings is 1. The molecule has 1 N–H and O–H groups in total. The first-order valence-electron chi connectivity index (χ1n) is 3.16. The van der Waals surface area contributed by atoms with Crippen molar-refractivity contribution in [2.45, 2.75) is 0 Å². The van der Waals surface area contributed by atoms with Crippen molar-refractivity contribution in [2.75, 3.05) is 11.9 Å². The van der Waals surface area contributed by atoms with Gasteiger partial charge in [-0.3, -0.25) is 0 Å². The highest BCUT2D eigenvalue weighted by Gasteiger charge is 1.92. The molecule has 0 unspecified atom stereocenters. The molecule has 0 atom stereocenters. The van der Waals surface area contributed by atoms with Crippen LogP contribution < -0.4 is 5.32 Å². The minimum atomic E-state index is 0. The SMILES string of the molecule is C=CCNc1nccn1C.Cl.Cl.Cl. The molecule has 3 nitrogen and oxygen atoms in total. The van der Waals surface area contributed by atoms with E-state index in [1.807, 2.05) is 17.8 Å². The molecule has 0 aromatic carbocycles. The number of aromatic nitrogens is 2. The predicted octanol–water partition coefficient (Wildman–Crippen LogP) is 2.28. The van der Waals surface area contributed by atoms with Crippen LogP contribution in [-0.4, -0.2) is 16.1 Å². The fraction of sp³-hybridized carbons (Fsp3) is 0.286. The smallest absolute Gasteiger partial charge is 0.202 e. The highest BCUT2D eigenvalue weighted by Crippen LogP contribution is 1.98.